The molecule has 0 bridgehead atoms. The second-order valence-corrected chi connectivity index (χ2v) is 4.85. The average molecular weight is 206 g/mol. The van der Waals surface area contributed by atoms with Crippen molar-refractivity contribution in [3.05, 3.63) is 29.3 Å². The Morgan fingerprint density at radius 3 is 2.67 bits per heavy atom. The standard InChI is InChI=1S/C12H18N2O/c1-12(2,8-15)14-6-9-3-4-11(13)5-10(9)7-14/h3-5,15H,6-8,13H2,1-2H3. The second-order valence-electron chi connectivity index (χ2n) is 4.85. The lowest BCUT2D eigenvalue weighted by molar-refractivity contribution is 0.0545. The first kappa shape index (κ1) is 10.5. The topological polar surface area (TPSA) is 49.5 Å². The Morgan fingerprint density at radius 2 is 2.00 bits per heavy atom. The minimum Gasteiger partial charge on any atom is -0.399 e. The van der Waals surface area contributed by atoms with E-state index in [1.165, 1.54) is 11.1 Å². The van der Waals surface area contributed by atoms with Crippen LogP contribution in [0.25, 0.3) is 0 Å². The van der Waals surface area contributed by atoms with Crippen LogP contribution >= 0.6 is 0 Å². The number of fused-ring (bicyclic) bond motifs is 1. The normalized spacial score (nSPS) is 16.7. The van der Waals surface area contributed by atoms with Crippen molar-refractivity contribution in [1.29, 1.82) is 0 Å². The predicted molar refractivity (Wildman–Crippen MR) is 61.3 cm³/mol. The number of hydrogen-bond acceptors (Lipinski definition) is 3. The van der Waals surface area contributed by atoms with Crippen LogP contribution in [-0.2, 0) is 13.1 Å². The number of aliphatic hydroxyl groups is 1. The summed E-state index contributed by atoms with van der Waals surface area (Å²) in [7, 11) is 0. The maximum absolute atomic E-state index is 9.32. The molecule has 1 aliphatic heterocycles. The Balaban J connectivity index is 2.22. The summed E-state index contributed by atoms with van der Waals surface area (Å²) in [5.74, 6) is 0. The van der Waals surface area contributed by atoms with Crippen LogP contribution in [0, 0.1) is 0 Å². The Bertz CT molecular complexity index is 374. The first-order chi connectivity index (χ1) is 7.03. The van der Waals surface area contributed by atoms with E-state index in [9.17, 15) is 5.11 Å². The van der Waals surface area contributed by atoms with E-state index in [1.54, 1.807) is 0 Å². The van der Waals surface area contributed by atoms with E-state index >= 15 is 0 Å². The van der Waals surface area contributed by atoms with Crippen LogP contribution in [0.4, 0.5) is 5.69 Å². The molecule has 0 atom stereocenters. The van der Waals surface area contributed by atoms with Crippen molar-refractivity contribution in [1.82, 2.24) is 4.90 Å². The van der Waals surface area contributed by atoms with Gasteiger partial charge in [-0.05, 0) is 37.1 Å². The molecule has 0 aromatic heterocycles. The van der Waals surface area contributed by atoms with Crippen LogP contribution in [-0.4, -0.2) is 22.2 Å². The van der Waals surface area contributed by atoms with Gasteiger partial charge in [-0.25, -0.2) is 0 Å². The van der Waals surface area contributed by atoms with E-state index in [2.05, 4.69) is 24.8 Å². The Hall–Kier alpha value is -1.06. The van der Waals surface area contributed by atoms with Gasteiger partial charge in [0.15, 0.2) is 0 Å². The van der Waals surface area contributed by atoms with Gasteiger partial charge in [-0.15, -0.1) is 0 Å². The van der Waals surface area contributed by atoms with E-state index in [0.29, 0.717) is 0 Å². The van der Waals surface area contributed by atoms with Gasteiger partial charge in [0.25, 0.3) is 0 Å². The molecule has 2 rings (SSSR count). The molecular weight excluding hydrogens is 188 g/mol. The van der Waals surface area contributed by atoms with Gasteiger partial charge in [0, 0.05) is 24.3 Å². The lowest BCUT2D eigenvalue weighted by Crippen LogP contribution is -2.43. The number of anilines is 1. The second kappa shape index (κ2) is 3.51. The fraction of sp³-hybridized carbons (Fsp3) is 0.500. The maximum atomic E-state index is 9.32. The molecule has 3 N–H and O–H groups in total. The molecule has 0 aliphatic carbocycles. The number of nitrogens with two attached hydrogens (primary N) is 1. The van der Waals surface area contributed by atoms with E-state index in [-0.39, 0.29) is 12.1 Å². The number of aliphatic hydroxyl groups excluding tert-OH is 1. The van der Waals surface area contributed by atoms with Crippen molar-refractivity contribution < 1.29 is 5.11 Å². The first-order valence-corrected chi connectivity index (χ1v) is 5.26. The minimum absolute atomic E-state index is 0.159. The monoisotopic (exact) mass is 206 g/mol. The number of rotatable bonds is 2. The Kier molecular flexibility index (Phi) is 2.44. The molecule has 0 saturated carbocycles. The van der Waals surface area contributed by atoms with Gasteiger partial charge >= 0.3 is 0 Å². The van der Waals surface area contributed by atoms with E-state index in [0.717, 1.165) is 18.8 Å². The van der Waals surface area contributed by atoms with Crippen LogP contribution in [0.2, 0.25) is 0 Å². The summed E-state index contributed by atoms with van der Waals surface area (Å²) in [4.78, 5) is 2.27. The van der Waals surface area contributed by atoms with Crippen molar-refractivity contribution in [2.45, 2.75) is 32.5 Å². The highest BCUT2D eigenvalue weighted by Gasteiger charge is 2.30. The van der Waals surface area contributed by atoms with E-state index < -0.39 is 0 Å². The molecule has 0 saturated heterocycles. The summed E-state index contributed by atoms with van der Waals surface area (Å²) >= 11 is 0. The highest BCUT2D eigenvalue weighted by molar-refractivity contribution is 5.46. The van der Waals surface area contributed by atoms with Crippen molar-refractivity contribution in [2.24, 2.45) is 0 Å². The molecular formula is C12H18N2O. The predicted octanol–water partition coefficient (Wildman–Crippen LogP) is 1.36. The quantitative estimate of drug-likeness (QED) is 0.718. The fourth-order valence-electron chi connectivity index (χ4n) is 1.94. The highest BCUT2D eigenvalue weighted by atomic mass is 16.3. The molecule has 82 valence electrons. The summed E-state index contributed by atoms with van der Waals surface area (Å²) < 4.78 is 0. The van der Waals surface area contributed by atoms with Crippen LogP contribution in [0.15, 0.2) is 18.2 Å². The zero-order chi connectivity index (χ0) is 11.1. The molecule has 0 spiro atoms. The average Bonchev–Trinajstić information content (AvgIpc) is 2.61. The van der Waals surface area contributed by atoms with E-state index in [4.69, 9.17) is 5.73 Å². The SMILES string of the molecule is CC(C)(CO)N1Cc2ccc(N)cc2C1. The molecule has 0 fully saturated rings. The van der Waals surface area contributed by atoms with Crippen LogP contribution in [0.1, 0.15) is 25.0 Å². The molecule has 3 heteroatoms. The van der Waals surface area contributed by atoms with Gasteiger partial charge in [0.1, 0.15) is 0 Å². The molecule has 15 heavy (non-hydrogen) atoms. The van der Waals surface area contributed by atoms with Crippen molar-refractivity contribution >= 4 is 5.69 Å². The Labute approximate surface area is 90.5 Å². The van der Waals surface area contributed by atoms with Crippen LogP contribution < -0.4 is 5.73 Å². The van der Waals surface area contributed by atoms with Gasteiger partial charge in [0.05, 0.1) is 6.61 Å². The Morgan fingerprint density at radius 1 is 1.33 bits per heavy atom. The third kappa shape index (κ3) is 1.85. The lowest BCUT2D eigenvalue weighted by atomic mass is 10.1. The van der Waals surface area contributed by atoms with Crippen molar-refractivity contribution in [3.63, 3.8) is 0 Å². The van der Waals surface area contributed by atoms with Crippen molar-refractivity contribution in [2.75, 3.05) is 12.3 Å². The zero-order valence-corrected chi connectivity index (χ0v) is 9.33. The molecule has 1 aromatic carbocycles. The summed E-state index contributed by atoms with van der Waals surface area (Å²) in [6, 6.07) is 6.05. The fourth-order valence-corrected chi connectivity index (χ4v) is 1.94. The molecule has 3 nitrogen and oxygen atoms in total. The van der Waals surface area contributed by atoms with Gasteiger partial charge in [0.2, 0.25) is 0 Å². The maximum Gasteiger partial charge on any atom is 0.0610 e. The minimum atomic E-state index is -0.159. The van der Waals surface area contributed by atoms with Gasteiger partial charge < -0.3 is 10.8 Å². The summed E-state index contributed by atoms with van der Waals surface area (Å²) in [6.45, 7) is 6.08. The number of hydrogen-bond donors (Lipinski definition) is 2. The highest BCUT2D eigenvalue weighted by Crippen LogP contribution is 2.30. The summed E-state index contributed by atoms with van der Waals surface area (Å²) in [5, 5.41) is 9.32. The number of nitrogens with zero attached hydrogens (tertiary/aromatic N) is 1. The van der Waals surface area contributed by atoms with Crippen molar-refractivity contribution in [3.8, 4) is 0 Å². The largest absolute Gasteiger partial charge is 0.399 e. The molecule has 1 aliphatic rings. The third-order valence-electron chi connectivity index (χ3n) is 3.20. The van der Waals surface area contributed by atoms with Gasteiger partial charge in [-0.2, -0.15) is 0 Å². The van der Waals surface area contributed by atoms with E-state index in [1.807, 2.05) is 12.1 Å². The first-order valence-electron chi connectivity index (χ1n) is 5.26. The smallest absolute Gasteiger partial charge is 0.0610 e. The van der Waals surface area contributed by atoms with Gasteiger partial charge in [-0.1, -0.05) is 6.07 Å². The molecule has 1 heterocycles. The zero-order valence-electron chi connectivity index (χ0n) is 9.33. The molecule has 0 radical (unpaired) electrons. The van der Waals surface area contributed by atoms with Crippen LogP contribution in [0.3, 0.4) is 0 Å². The molecule has 0 amide bonds. The third-order valence-corrected chi connectivity index (χ3v) is 3.20. The molecule has 1 aromatic rings. The lowest BCUT2D eigenvalue weighted by Gasteiger charge is -2.33. The van der Waals surface area contributed by atoms with Gasteiger partial charge in [-0.3, -0.25) is 4.90 Å². The number of nitrogen functional groups attached to an aromatic ring is 1. The molecule has 0 unspecified atom stereocenters. The summed E-state index contributed by atoms with van der Waals surface area (Å²) in [6.07, 6.45) is 0. The summed E-state index contributed by atoms with van der Waals surface area (Å²) in [5.41, 5.74) is 9.02. The number of benzene rings is 1. The van der Waals surface area contributed by atoms with Crippen LogP contribution in [0.5, 0.6) is 0 Å².